The molecule has 5 nitrogen and oxygen atoms in total. The molecule has 5 N–H and O–H groups in total. The molecule has 7 heteroatoms. The quantitative estimate of drug-likeness (QED) is 0.537. The number of hydrogen-bond donors (Lipinski definition) is 3. The molecule has 0 aromatic heterocycles. The highest BCUT2D eigenvalue weighted by atomic mass is 79.9. The summed E-state index contributed by atoms with van der Waals surface area (Å²) in [6.07, 6.45) is 2.84. The monoisotopic (exact) mass is 348 g/mol. The molecule has 0 fully saturated rings. The van der Waals surface area contributed by atoms with Gasteiger partial charge in [-0.25, -0.2) is 4.39 Å². The Labute approximate surface area is 125 Å². The number of unbranched alkanes of at least 4 members (excludes halogenated alkanes) is 1. The molecule has 0 aliphatic heterocycles. The van der Waals surface area contributed by atoms with Crippen LogP contribution in [0.5, 0.6) is 0 Å². The molecule has 0 heterocycles. The molecule has 0 bridgehead atoms. The van der Waals surface area contributed by atoms with Crippen LogP contribution in [0.3, 0.4) is 0 Å². The van der Waals surface area contributed by atoms with E-state index in [-0.39, 0.29) is 5.82 Å². The molecule has 1 atom stereocenters. The lowest BCUT2D eigenvalue weighted by Gasteiger charge is -2.03. The molecule has 0 spiro atoms. The number of halogens is 2. The predicted molar refractivity (Wildman–Crippen MR) is 78.0 cm³/mol. The van der Waals surface area contributed by atoms with Crippen molar-refractivity contribution >= 4 is 28.2 Å². The fourth-order valence-corrected chi connectivity index (χ4v) is 1.61. The Morgan fingerprint density at radius 2 is 2.10 bits per heavy atom. The van der Waals surface area contributed by atoms with Crippen LogP contribution in [0.4, 0.5) is 4.39 Å². The van der Waals surface area contributed by atoms with Gasteiger partial charge in [0, 0.05) is 5.56 Å². The summed E-state index contributed by atoms with van der Waals surface area (Å²) in [6, 6.07) is 3.38. The van der Waals surface area contributed by atoms with Crippen LogP contribution in [-0.4, -0.2) is 29.9 Å². The van der Waals surface area contributed by atoms with Crippen LogP contribution in [0.1, 0.15) is 29.6 Å². The van der Waals surface area contributed by atoms with Crippen molar-refractivity contribution in [1.29, 1.82) is 0 Å². The Kier molecular flexibility index (Phi) is 9.79. The third-order valence-electron chi connectivity index (χ3n) is 2.37. The number of nitrogens with two attached hydrogens (primary N) is 2. The Hall–Kier alpha value is -1.31. The van der Waals surface area contributed by atoms with Crippen LogP contribution in [0.25, 0.3) is 0 Å². The number of carboxylic acid groups (broad SMARTS) is 1. The molecule has 0 radical (unpaired) electrons. The third-order valence-corrected chi connectivity index (χ3v) is 2.97. The molecular formula is C13H18BrFN2O3. The lowest BCUT2D eigenvalue weighted by molar-refractivity contribution is -0.138. The first kappa shape index (κ1) is 18.7. The smallest absolute Gasteiger partial charge is 0.320 e. The van der Waals surface area contributed by atoms with E-state index in [9.17, 15) is 14.0 Å². The zero-order valence-corrected chi connectivity index (χ0v) is 12.5. The average Bonchev–Trinajstić information content (AvgIpc) is 2.42. The van der Waals surface area contributed by atoms with Gasteiger partial charge in [-0.1, -0.05) is 6.42 Å². The lowest BCUT2D eigenvalue weighted by Crippen LogP contribution is -2.29. The maximum absolute atomic E-state index is 12.5. The first-order valence-electron chi connectivity index (χ1n) is 6.01. The first-order valence-corrected chi connectivity index (χ1v) is 6.80. The van der Waals surface area contributed by atoms with E-state index in [0.29, 0.717) is 29.3 Å². The fourth-order valence-electron chi connectivity index (χ4n) is 1.22. The van der Waals surface area contributed by atoms with Gasteiger partial charge in [-0.05, 0) is 53.5 Å². The van der Waals surface area contributed by atoms with Crippen LogP contribution in [0.2, 0.25) is 0 Å². The largest absolute Gasteiger partial charge is 0.480 e. The average molecular weight is 349 g/mol. The first-order chi connectivity index (χ1) is 9.42. The normalized spacial score (nSPS) is 11.2. The van der Waals surface area contributed by atoms with Gasteiger partial charge in [0.2, 0.25) is 0 Å². The maximum Gasteiger partial charge on any atom is 0.320 e. The summed E-state index contributed by atoms with van der Waals surface area (Å²) in [5.74, 6) is -1.29. The van der Waals surface area contributed by atoms with E-state index in [4.69, 9.17) is 16.6 Å². The minimum absolute atomic E-state index is 0.317. The van der Waals surface area contributed by atoms with Crippen LogP contribution in [0, 0.1) is 5.82 Å². The molecule has 0 saturated heterocycles. The molecule has 1 aromatic carbocycles. The van der Waals surface area contributed by atoms with Gasteiger partial charge in [0.1, 0.15) is 18.1 Å². The second kappa shape index (κ2) is 10.5. The molecule has 0 amide bonds. The molecule has 0 unspecified atom stereocenters. The molecule has 20 heavy (non-hydrogen) atoms. The predicted octanol–water partition coefficient (Wildman–Crippen LogP) is 1.93. The van der Waals surface area contributed by atoms with Gasteiger partial charge >= 0.3 is 5.97 Å². The third kappa shape index (κ3) is 7.98. The van der Waals surface area contributed by atoms with Gasteiger partial charge in [-0.15, -0.1) is 0 Å². The Morgan fingerprint density at radius 3 is 2.55 bits per heavy atom. The van der Waals surface area contributed by atoms with E-state index in [2.05, 4.69) is 15.9 Å². The molecule has 0 saturated carbocycles. The van der Waals surface area contributed by atoms with E-state index < -0.39 is 12.0 Å². The molecule has 1 aromatic rings. The van der Waals surface area contributed by atoms with E-state index >= 15 is 0 Å². The topological polar surface area (TPSA) is 106 Å². The van der Waals surface area contributed by atoms with Gasteiger partial charge in [-0.3, -0.25) is 9.59 Å². The summed E-state index contributed by atoms with van der Waals surface area (Å²) < 4.78 is 12.8. The van der Waals surface area contributed by atoms with Crippen molar-refractivity contribution in [2.75, 3.05) is 6.54 Å². The highest BCUT2D eigenvalue weighted by Crippen LogP contribution is 2.15. The second-order valence-corrected chi connectivity index (χ2v) is 4.87. The highest BCUT2D eigenvalue weighted by Gasteiger charge is 2.09. The summed E-state index contributed by atoms with van der Waals surface area (Å²) in [6.45, 7) is 0.604. The molecule has 112 valence electrons. The Bertz CT molecular complexity index is 444. The number of carbonyl (C=O) groups excluding carboxylic acids is 1. The van der Waals surface area contributed by atoms with Crippen molar-refractivity contribution < 1.29 is 19.1 Å². The lowest BCUT2D eigenvalue weighted by atomic mass is 10.1. The van der Waals surface area contributed by atoms with Crippen molar-refractivity contribution in [1.82, 2.24) is 0 Å². The zero-order valence-electron chi connectivity index (χ0n) is 10.9. The molecule has 0 aliphatic rings. The number of benzene rings is 1. The van der Waals surface area contributed by atoms with Crippen LogP contribution in [0.15, 0.2) is 22.7 Å². The van der Waals surface area contributed by atoms with Crippen molar-refractivity contribution in [3.63, 3.8) is 0 Å². The number of carboxylic acids is 1. The van der Waals surface area contributed by atoms with Gasteiger partial charge in [0.25, 0.3) is 0 Å². The van der Waals surface area contributed by atoms with Gasteiger partial charge in [0.15, 0.2) is 0 Å². The molecule has 0 aliphatic carbocycles. The zero-order chi connectivity index (χ0) is 15.5. The summed E-state index contributed by atoms with van der Waals surface area (Å²) in [4.78, 5) is 20.3. The van der Waals surface area contributed by atoms with E-state index in [0.717, 1.165) is 12.8 Å². The second-order valence-electron chi connectivity index (χ2n) is 4.02. The van der Waals surface area contributed by atoms with Crippen LogP contribution < -0.4 is 11.5 Å². The number of rotatable bonds is 6. The SMILES string of the molecule is NCCCC[C@H](N)C(=O)O.O=Cc1ccc(F)c(Br)c1. The number of carbonyl (C=O) groups is 2. The molecular weight excluding hydrogens is 331 g/mol. The minimum atomic E-state index is -0.933. The van der Waals surface area contributed by atoms with Gasteiger partial charge in [0.05, 0.1) is 4.47 Å². The van der Waals surface area contributed by atoms with E-state index in [1.807, 2.05) is 0 Å². The fraction of sp³-hybridized carbons (Fsp3) is 0.385. The molecule has 1 rings (SSSR count). The van der Waals surface area contributed by atoms with E-state index in [1.54, 1.807) is 0 Å². The van der Waals surface area contributed by atoms with Crippen LogP contribution in [-0.2, 0) is 4.79 Å². The summed E-state index contributed by atoms with van der Waals surface area (Å²) in [5.41, 5.74) is 10.9. The number of aliphatic carboxylic acids is 1. The maximum atomic E-state index is 12.5. The minimum Gasteiger partial charge on any atom is -0.480 e. The van der Waals surface area contributed by atoms with Gasteiger partial charge < -0.3 is 16.6 Å². The standard InChI is InChI=1S/C7H4BrFO.C6H14N2O2/c8-6-3-5(4-10)1-2-7(6)9;7-4-2-1-3-5(8)6(9)10/h1-4H;5H,1-4,7-8H2,(H,9,10)/t;5-/m.0/s1. The van der Waals surface area contributed by atoms with Gasteiger partial charge in [-0.2, -0.15) is 0 Å². The Balaban J connectivity index is 0.000000361. The Morgan fingerprint density at radius 1 is 1.45 bits per heavy atom. The van der Waals surface area contributed by atoms with Crippen LogP contribution >= 0.6 is 15.9 Å². The van der Waals surface area contributed by atoms with Crippen molar-refractivity contribution in [3.8, 4) is 0 Å². The number of hydrogen-bond acceptors (Lipinski definition) is 4. The van der Waals surface area contributed by atoms with Crippen molar-refractivity contribution in [2.45, 2.75) is 25.3 Å². The number of aldehydes is 1. The highest BCUT2D eigenvalue weighted by molar-refractivity contribution is 9.10. The van der Waals surface area contributed by atoms with Crippen molar-refractivity contribution in [3.05, 3.63) is 34.1 Å². The summed E-state index contributed by atoms with van der Waals surface area (Å²) in [5, 5.41) is 8.33. The summed E-state index contributed by atoms with van der Waals surface area (Å²) in [7, 11) is 0. The van der Waals surface area contributed by atoms with Crippen molar-refractivity contribution in [2.24, 2.45) is 11.5 Å². The summed E-state index contributed by atoms with van der Waals surface area (Å²) >= 11 is 2.95. The van der Waals surface area contributed by atoms with E-state index in [1.165, 1.54) is 18.2 Å².